The molecular weight excluding hydrogens is 270 g/mol. The Morgan fingerprint density at radius 2 is 2.37 bits per heavy atom. The van der Waals surface area contributed by atoms with Gasteiger partial charge >= 0.3 is 5.97 Å². The van der Waals surface area contributed by atoms with Gasteiger partial charge in [-0.1, -0.05) is 6.07 Å². The summed E-state index contributed by atoms with van der Waals surface area (Å²) in [6.07, 6.45) is -0.815. The average molecular weight is 285 g/mol. The maximum Gasteiger partial charge on any atom is 0.305 e. The maximum atomic E-state index is 12.0. The van der Waals surface area contributed by atoms with E-state index in [1.807, 2.05) is 11.4 Å². The highest BCUT2D eigenvalue weighted by atomic mass is 32.1. The number of thiophene rings is 1. The minimum Gasteiger partial charge on any atom is -0.481 e. The van der Waals surface area contributed by atoms with Crippen molar-refractivity contribution in [3.05, 3.63) is 22.4 Å². The van der Waals surface area contributed by atoms with E-state index >= 15 is 0 Å². The molecule has 19 heavy (non-hydrogen) atoms. The molecule has 1 saturated heterocycles. The van der Waals surface area contributed by atoms with Crippen LogP contribution in [0.1, 0.15) is 17.3 Å². The molecule has 2 atom stereocenters. The number of carboxylic acids is 1. The van der Waals surface area contributed by atoms with Crippen LogP contribution in [0.4, 0.5) is 0 Å². The smallest absolute Gasteiger partial charge is 0.305 e. The minimum atomic E-state index is -0.959. The summed E-state index contributed by atoms with van der Waals surface area (Å²) in [5.41, 5.74) is 0. The van der Waals surface area contributed by atoms with Crippen LogP contribution in [-0.2, 0) is 19.1 Å². The average Bonchev–Trinajstić information content (AvgIpc) is 2.92. The Kier molecular flexibility index (Phi) is 4.89. The number of carboxylic acid groups (broad SMARTS) is 1. The maximum absolute atomic E-state index is 12.0. The Morgan fingerprint density at radius 1 is 1.53 bits per heavy atom. The normalized spacial score (nSPS) is 20.7. The first kappa shape index (κ1) is 14.0. The molecule has 2 N–H and O–H groups in total. The summed E-state index contributed by atoms with van der Waals surface area (Å²) in [6.45, 7) is 1.06. The predicted molar refractivity (Wildman–Crippen MR) is 68.0 cm³/mol. The largest absolute Gasteiger partial charge is 0.481 e. The van der Waals surface area contributed by atoms with Crippen LogP contribution in [0, 0.1) is 0 Å². The third kappa shape index (κ3) is 4.02. The van der Waals surface area contributed by atoms with Gasteiger partial charge in [0.15, 0.2) is 6.10 Å². The molecule has 1 fully saturated rings. The van der Waals surface area contributed by atoms with Gasteiger partial charge < -0.3 is 19.9 Å². The lowest BCUT2D eigenvalue weighted by Crippen LogP contribution is -2.44. The molecule has 0 aliphatic carbocycles. The van der Waals surface area contributed by atoms with Gasteiger partial charge in [-0.3, -0.25) is 9.59 Å². The highest BCUT2D eigenvalue weighted by Crippen LogP contribution is 2.22. The van der Waals surface area contributed by atoms with Gasteiger partial charge in [-0.2, -0.15) is 0 Å². The second-order valence-corrected chi connectivity index (χ2v) is 5.09. The topological polar surface area (TPSA) is 84.9 Å². The summed E-state index contributed by atoms with van der Waals surface area (Å²) < 4.78 is 10.4. The number of rotatable bonds is 5. The molecular formula is C12H15NO5S. The van der Waals surface area contributed by atoms with Crippen molar-refractivity contribution in [3.63, 3.8) is 0 Å². The van der Waals surface area contributed by atoms with Crippen LogP contribution >= 0.6 is 11.3 Å². The van der Waals surface area contributed by atoms with Crippen molar-refractivity contribution in [2.75, 3.05) is 19.8 Å². The van der Waals surface area contributed by atoms with Gasteiger partial charge in [-0.05, 0) is 11.4 Å². The number of ether oxygens (including phenoxy) is 2. The third-order valence-corrected chi connectivity index (χ3v) is 3.68. The number of carbonyl (C=O) groups excluding carboxylic acids is 1. The van der Waals surface area contributed by atoms with Gasteiger partial charge in [0, 0.05) is 4.88 Å². The highest BCUT2D eigenvalue weighted by Gasteiger charge is 2.26. The first-order valence-electron chi connectivity index (χ1n) is 5.91. The minimum absolute atomic E-state index is 0.153. The molecule has 104 valence electrons. The van der Waals surface area contributed by atoms with Crippen molar-refractivity contribution in [3.8, 4) is 0 Å². The van der Waals surface area contributed by atoms with E-state index in [1.54, 1.807) is 6.07 Å². The van der Waals surface area contributed by atoms with Gasteiger partial charge in [-0.15, -0.1) is 11.3 Å². The Hall–Kier alpha value is -1.44. The third-order valence-electron chi connectivity index (χ3n) is 2.69. The van der Waals surface area contributed by atoms with Crippen molar-refractivity contribution in [1.29, 1.82) is 0 Å². The first-order chi connectivity index (χ1) is 9.16. The van der Waals surface area contributed by atoms with Crippen molar-refractivity contribution in [1.82, 2.24) is 5.32 Å². The standard InChI is InChI=1S/C12H15NO5S/c14-11(15)6-8(10-2-1-5-19-10)13-12(16)9-7-17-3-4-18-9/h1-2,5,8-9H,3-4,6-7H2,(H,13,16)(H,14,15)/t8-,9+/m1/s1. The van der Waals surface area contributed by atoms with Crippen molar-refractivity contribution >= 4 is 23.2 Å². The quantitative estimate of drug-likeness (QED) is 0.835. The lowest BCUT2D eigenvalue weighted by molar-refractivity contribution is -0.148. The Labute approximate surface area is 114 Å². The monoisotopic (exact) mass is 285 g/mol. The van der Waals surface area contributed by atoms with E-state index in [2.05, 4.69) is 5.32 Å². The number of aliphatic carboxylic acids is 1. The van der Waals surface area contributed by atoms with Gasteiger partial charge in [0.05, 0.1) is 32.3 Å². The van der Waals surface area contributed by atoms with E-state index < -0.39 is 18.1 Å². The van der Waals surface area contributed by atoms with E-state index in [-0.39, 0.29) is 18.9 Å². The Balaban J connectivity index is 1.99. The number of hydrogen-bond acceptors (Lipinski definition) is 5. The summed E-state index contributed by atoms with van der Waals surface area (Å²) in [4.78, 5) is 23.7. The van der Waals surface area contributed by atoms with Crippen LogP contribution < -0.4 is 5.32 Å². The molecule has 1 amide bonds. The van der Waals surface area contributed by atoms with Crippen molar-refractivity contribution in [2.45, 2.75) is 18.6 Å². The summed E-state index contributed by atoms with van der Waals surface area (Å²) in [5, 5.41) is 13.5. The van der Waals surface area contributed by atoms with Crippen LogP contribution in [0.2, 0.25) is 0 Å². The van der Waals surface area contributed by atoms with Gasteiger partial charge in [0.1, 0.15) is 0 Å². The molecule has 0 bridgehead atoms. The molecule has 1 aliphatic heterocycles. The van der Waals surface area contributed by atoms with Crippen LogP contribution in [0.5, 0.6) is 0 Å². The SMILES string of the molecule is O=C(O)C[C@@H](NC(=O)[C@@H]1COCCO1)c1cccs1. The fourth-order valence-electron chi connectivity index (χ4n) is 1.79. The summed E-state index contributed by atoms with van der Waals surface area (Å²) in [7, 11) is 0. The fraction of sp³-hybridized carbons (Fsp3) is 0.500. The lowest BCUT2D eigenvalue weighted by Gasteiger charge is -2.24. The van der Waals surface area contributed by atoms with Crippen LogP contribution in [-0.4, -0.2) is 42.9 Å². The molecule has 2 rings (SSSR count). The molecule has 1 aliphatic rings. The number of amides is 1. The van der Waals surface area contributed by atoms with E-state index in [0.29, 0.717) is 13.2 Å². The second-order valence-electron chi connectivity index (χ2n) is 4.11. The van der Waals surface area contributed by atoms with Crippen LogP contribution in [0.15, 0.2) is 17.5 Å². The summed E-state index contributed by atoms with van der Waals surface area (Å²) in [6, 6.07) is 3.09. The predicted octanol–water partition coefficient (Wildman–Crippen LogP) is 0.796. The van der Waals surface area contributed by atoms with Gasteiger partial charge in [0.2, 0.25) is 0 Å². The highest BCUT2D eigenvalue weighted by molar-refractivity contribution is 7.10. The first-order valence-corrected chi connectivity index (χ1v) is 6.79. The zero-order chi connectivity index (χ0) is 13.7. The van der Waals surface area contributed by atoms with E-state index in [4.69, 9.17) is 14.6 Å². The zero-order valence-corrected chi connectivity index (χ0v) is 11.0. The number of hydrogen-bond donors (Lipinski definition) is 2. The molecule has 0 aromatic carbocycles. The molecule has 0 radical (unpaired) electrons. The van der Waals surface area contributed by atoms with Crippen LogP contribution in [0.25, 0.3) is 0 Å². The Bertz CT molecular complexity index is 427. The lowest BCUT2D eigenvalue weighted by atomic mass is 10.1. The van der Waals surface area contributed by atoms with Crippen molar-refractivity contribution < 1.29 is 24.2 Å². The fourth-order valence-corrected chi connectivity index (χ4v) is 2.57. The van der Waals surface area contributed by atoms with Gasteiger partial charge in [0.25, 0.3) is 5.91 Å². The second kappa shape index (κ2) is 6.65. The van der Waals surface area contributed by atoms with E-state index in [0.717, 1.165) is 4.88 Å². The molecule has 1 aromatic rings. The molecule has 0 unspecified atom stereocenters. The number of carbonyl (C=O) groups is 2. The molecule has 0 spiro atoms. The summed E-state index contributed by atoms with van der Waals surface area (Å²) in [5.74, 6) is -1.29. The molecule has 7 heteroatoms. The van der Waals surface area contributed by atoms with Crippen molar-refractivity contribution in [2.24, 2.45) is 0 Å². The molecule has 0 saturated carbocycles. The van der Waals surface area contributed by atoms with Gasteiger partial charge in [-0.25, -0.2) is 0 Å². The van der Waals surface area contributed by atoms with E-state index in [1.165, 1.54) is 11.3 Å². The molecule has 2 heterocycles. The number of nitrogens with one attached hydrogen (secondary N) is 1. The molecule has 6 nitrogen and oxygen atoms in total. The zero-order valence-electron chi connectivity index (χ0n) is 10.2. The van der Waals surface area contributed by atoms with E-state index in [9.17, 15) is 9.59 Å². The van der Waals surface area contributed by atoms with Crippen LogP contribution in [0.3, 0.4) is 0 Å². The summed E-state index contributed by atoms with van der Waals surface area (Å²) >= 11 is 1.41. The Morgan fingerprint density at radius 3 is 2.95 bits per heavy atom. The molecule has 1 aromatic heterocycles.